The average molecular weight is 288 g/mol. The minimum Gasteiger partial charge on any atom is -0.336 e. The summed E-state index contributed by atoms with van der Waals surface area (Å²) >= 11 is 0. The minimum absolute atomic E-state index is 0.247. The van der Waals surface area contributed by atoms with Gasteiger partial charge in [-0.25, -0.2) is 0 Å². The zero-order valence-electron chi connectivity index (χ0n) is 13.3. The van der Waals surface area contributed by atoms with E-state index in [1.807, 2.05) is 23.1 Å². The van der Waals surface area contributed by atoms with Crippen LogP contribution in [0, 0.1) is 0 Å². The molecule has 1 amide bonds. The van der Waals surface area contributed by atoms with E-state index in [-0.39, 0.29) is 11.9 Å². The first-order valence-electron chi connectivity index (χ1n) is 8.23. The standard InChI is InChI=1S/C18H28N2O/c1-15(2)20(14-16-8-4-3-5-9-16)18(21)12-11-17-10-6-7-13-19-17/h3-5,8-9,15,17,19H,6-7,10-14H2,1-2H3. The van der Waals surface area contributed by atoms with Gasteiger partial charge in [0.1, 0.15) is 0 Å². The third-order valence-electron chi connectivity index (χ3n) is 4.26. The monoisotopic (exact) mass is 288 g/mol. The number of nitrogens with zero attached hydrogens (tertiary/aromatic N) is 1. The predicted molar refractivity (Wildman–Crippen MR) is 87.0 cm³/mol. The Hall–Kier alpha value is -1.35. The van der Waals surface area contributed by atoms with Crippen molar-refractivity contribution in [2.75, 3.05) is 6.54 Å². The predicted octanol–water partition coefficient (Wildman–Crippen LogP) is 3.35. The Labute approximate surface area is 128 Å². The van der Waals surface area contributed by atoms with E-state index in [4.69, 9.17) is 0 Å². The van der Waals surface area contributed by atoms with Gasteiger partial charge in [0, 0.05) is 25.0 Å². The summed E-state index contributed by atoms with van der Waals surface area (Å²) in [4.78, 5) is 14.5. The molecule has 1 heterocycles. The van der Waals surface area contributed by atoms with Gasteiger partial charge in [0.05, 0.1) is 0 Å². The second-order valence-corrected chi connectivity index (χ2v) is 6.29. The highest BCUT2D eigenvalue weighted by Crippen LogP contribution is 2.15. The van der Waals surface area contributed by atoms with Crippen molar-refractivity contribution in [2.45, 2.75) is 64.6 Å². The van der Waals surface area contributed by atoms with Crippen molar-refractivity contribution in [2.24, 2.45) is 0 Å². The first kappa shape index (κ1) is 16.0. The summed E-state index contributed by atoms with van der Waals surface area (Å²) < 4.78 is 0. The van der Waals surface area contributed by atoms with Crippen LogP contribution in [0.25, 0.3) is 0 Å². The van der Waals surface area contributed by atoms with E-state index in [9.17, 15) is 4.79 Å². The van der Waals surface area contributed by atoms with Crippen LogP contribution in [-0.4, -0.2) is 29.4 Å². The Bertz CT molecular complexity index is 424. The summed E-state index contributed by atoms with van der Waals surface area (Å²) in [5, 5.41) is 3.52. The number of benzene rings is 1. The summed E-state index contributed by atoms with van der Waals surface area (Å²) in [5.74, 6) is 0.279. The number of carbonyl (C=O) groups is 1. The van der Waals surface area contributed by atoms with E-state index < -0.39 is 0 Å². The summed E-state index contributed by atoms with van der Waals surface area (Å²) in [6.45, 7) is 6.02. The molecule has 2 rings (SSSR count). The lowest BCUT2D eigenvalue weighted by atomic mass is 10.00. The SMILES string of the molecule is CC(C)N(Cc1ccccc1)C(=O)CCC1CCCCN1. The lowest BCUT2D eigenvalue weighted by molar-refractivity contribution is -0.133. The summed E-state index contributed by atoms with van der Waals surface area (Å²) in [6, 6.07) is 11.0. The largest absolute Gasteiger partial charge is 0.336 e. The molecule has 21 heavy (non-hydrogen) atoms. The number of rotatable bonds is 6. The Morgan fingerprint density at radius 3 is 2.67 bits per heavy atom. The van der Waals surface area contributed by atoms with Gasteiger partial charge >= 0.3 is 0 Å². The Kier molecular flexibility index (Phi) is 6.24. The molecular weight excluding hydrogens is 260 g/mol. The first-order valence-corrected chi connectivity index (χ1v) is 8.23. The van der Waals surface area contributed by atoms with Crippen LogP contribution in [0.1, 0.15) is 51.5 Å². The van der Waals surface area contributed by atoms with Gasteiger partial charge in [-0.15, -0.1) is 0 Å². The van der Waals surface area contributed by atoms with Crippen molar-refractivity contribution < 1.29 is 4.79 Å². The van der Waals surface area contributed by atoms with E-state index in [1.165, 1.54) is 24.8 Å². The number of piperidine rings is 1. The molecule has 0 spiro atoms. The Morgan fingerprint density at radius 2 is 2.05 bits per heavy atom. The maximum atomic E-state index is 12.5. The van der Waals surface area contributed by atoms with Gasteiger partial charge in [0.15, 0.2) is 0 Å². The lowest BCUT2D eigenvalue weighted by Gasteiger charge is -2.29. The van der Waals surface area contributed by atoms with Crippen molar-refractivity contribution in [1.29, 1.82) is 0 Å². The van der Waals surface area contributed by atoms with E-state index in [0.717, 1.165) is 19.5 Å². The van der Waals surface area contributed by atoms with Crippen molar-refractivity contribution in [1.82, 2.24) is 10.2 Å². The number of carbonyl (C=O) groups excluding carboxylic acids is 1. The second-order valence-electron chi connectivity index (χ2n) is 6.29. The number of hydrogen-bond donors (Lipinski definition) is 1. The molecule has 1 saturated heterocycles. The number of hydrogen-bond acceptors (Lipinski definition) is 2. The number of amides is 1. The van der Waals surface area contributed by atoms with Gasteiger partial charge in [0.25, 0.3) is 0 Å². The lowest BCUT2D eigenvalue weighted by Crippen LogP contribution is -2.39. The summed E-state index contributed by atoms with van der Waals surface area (Å²) in [5.41, 5.74) is 1.20. The molecule has 3 heteroatoms. The van der Waals surface area contributed by atoms with Crippen LogP contribution in [0.2, 0.25) is 0 Å². The topological polar surface area (TPSA) is 32.3 Å². The van der Waals surface area contributed by atoms with Gasteiger partial charge < -0.3 is 10.2 Å². The summed E-state index contributed by atoms with van der Waals surface area (Å²) in [7, 11) is 0. The Balaban J connectivity index is 1.86. The van der Waals surface area contributed by atoms with Gasteiger partial charge in [-0.1, -0.05) is 36.8 Å². The highest BCUT2D eigenvalue weighted by atomic mass is 16.2. The molecule has 1 aliphatic rings. The van der Waals surface area contributed by atoms with Crippen molar-refractivity contribution in [3.05, 3.63) is 35.9 Å². The fourth-order valence-electron chi connectivity index (χ4n) is 2.95. The quantitative estimate of drug-likeness (QED) is 0.870. The van der Waals surface area contributed by atoms with E-state index in [2.05, 4.69) is 31.3 Å². The molecule has 0 radical (unpaired) electrons. The van der Waals surface area contributed by atoms with Crippen LogP contribution in [-0.2, 0) is 11.3 Å². The van der Waals surface area contributed by atoms with Crippen molar-refractivity contribution >= 4 is 5.91 Å². The molecule has 1 unspecified atom stereocenters. The maximum absolute atomic E-state index is 12.5. The Morgan fingerprint density at radius 1 is 1.29 bits per heavy atom. The molecule has 1 atom stereocenters. The van der Waals surface area contributed by atoms with Gasteiger partial charge in [-0.3, -0.25) is 4.79 Å². The van der Waals surface area contributed by atoms with Crippen LogP contribution in [0.3, 0.4) is 0 Å². The molecule has 1 fully saturated rings. The average Bonchev–Trinajstić information content (AvgIpc) is 2.52. The molecule has 0 saturated carbocycles. The molecular formula is C18H28N2O. The smallest absolute Gasteiger partial charge is 0.223 e. The maximum Gasteiger partial charge on any atom is 0.223 e. The van der Waals surface area contributed by atoms with Gasteiger partial charge in [0.2, 0.25) is 5.91 Å². The van der Waals surface area contributed by atoms with Crippen LogP contribution in [0.5, 0.6) is 0 Å². The zero-order valence-corrected chi connectivity index (χ0v) is 13.3. The first-order chi connectivity index (χ1) is 10.2. The summed E-state index contributed by atoms with van der Waals surface area (Å²) in [6.07, 6.45) is 5.41. The van der Waals surface area contributed by atoms with Crippen molar-refractivity contribution in [3.8, 4) is 0 Å². The highest BCUT2D eigenvalue weighted by Gasteiger charge is 2.19. The number of nitrogens with one attached hydrogen (secondary N) is 1. The van der Waals surface area contributed by atoms with Crippen LogP contribution >= 0.6 is 0 Å². The van der Waals surface area contributed by atoms with Gasteiger partial charge in [-0.05, 0) is 45.2 Å². The normalized spacial score (nSPS) is 18.7. The van der Waals surface area contributed by atoms with Crippen LogP contribution in [0.4, 0.5) is 0 Å². The van der Waals surface area contributed by atoms with Gasteiger partial charge in [-0.2, -0.15) is 0 Å². The van der Waals surface area contributed by atoms with Crippen molar-refractivity contribution in [3.63, 3.8) is 0 Å². The molecule has 0 aliphatic carbocycles. The molecule has 0 aromatic heterocycles. The molecule has 1 aromatic carbocycles. The zero-order chi connectivity index (χ0) is 15.1. The van der Waals surface area contributed by atoms with Crippen LogP contribution in [0.15, 0.2) is 30.3 Å². The second kappa shape index (κ2) is 8.18. The highest BCUT2D eigenvalue weighted by molar-refractivity contribution is 5.76. The minimum atomic E-state index is 0.247. The molecule has 116 valence electrons. The third-order valence-corrected chi connectivity index (χ3v) is 4.26. The van der Waals surface area contributed by atoms with Crippen LogP contribution < -0.4 is 5.32 Å². The third kappa shape index (κ3) is 5.16. The van der Waals surface area contributed by atoms with E-state index >= 15 is 0 Å². The fraction of sp³-hybridized carbons (Fsp3) is 0.611. The molecule has 1 aliphatic heterocycles. The molecule has 0 bridgehead atoms. The van der Waals surface area contributed by atoms with E-state index in [1.54, 1.807) is 0 Å². The molecule has 1 aromatic rings. The molecule has 3 nitrogen and oxygen atoms in total. The molecule has 1 N–H and O–H groups in total. The fourth-order valence-corrected chi connectivity index (χ4v) is 2.95. The van der Waals surface area contributed by atoms with E-state index in [0.29, 0.717) is 12.5 Å².